The number of hydrogen-bond donors (Lipinski definition) is 0. The summed E-state index contributed by atoms with van der Waals surface area (Å²) in [7, 11) is 15.0. The maximum Gasteiger partial charge on any atom is 0.0983 e. The molecular formula is C85H135N15O5. The van der Waals surface area contributed by atoms with Crippen LogP contribution in [0.1, 0.15) is 203 Å². The molecule has 2 aliphatic carbocycles. The number of nitrogens with zero attached hydrogens (tertiary/aromatic N) is 15. The normalized spacial score (nSPS) is 24.7. The van der Waals surface area contributed by atoms with Crippen LogP contribution < -0.4 is 24.5 Å². The minimum absolute atomic E-state index is 0.0158. The first kappa shape index (κ1) is 80.4. The number of ether oxygens (including phenoxy) is 5. The van der Waals surface area contributed by atoms with Crippen LogP contribution in [-0.4, -0.2) is 265 Å². The van der Waals surface area contributed by atoms with Crippen molar-refractivity contribution in [3.8, 4) is 0 Å². The molecule has 105 heavy (non-hydrogen) atoms. The summed E-state index contributed by atoms with van der Waals surface area (Å²) in [6, 6.07) is 22.1. The quantitative estimate of drug-likeness (QED) is 0.104. The zero-order valence-electron chi connectivity index (χ0n) is 68.0. The molecule has 20 nitrogen and oxygen atoms in total. The maximum absolute atomic E-state index is 6.19. The summed E-state index contributed by atoms with van der Waals surface area (Å²) in [5, 5.41) is 0. The molecule has 0 radical (unpaired) electrons. The van der Waals surface area contributed by atoms with Crippen molar-refractivity contribution < 1.29 is 23.7 Å². The van der Waals surface area contributed by atoms with Crippen LogP contribution in [0, 0.1) is 0 Å². The van der Waals surface area contributed by atoms with Gasteiger partial charge in [-0.3, -0.25) is 24.9 Å². The maximum atomic E-state index is 6.19. The van der Waals surface area contributed by atoms with Gasteiger partial charge in [0, 0.05) is 140 Å². The number of likely N-dealkylation sites (N-methyl/N-ethyl adjacent to an activating group) is 3. The second kappa shape index (κ2) is 35.8. The van der Waals surface area contributed by atoms with E-state index >= 15 is 0 Å². The van der Waals surface area contributed by atoms with E-state index in [1.807, 2.05) is 18.6 Å². The number of anilines is 5. The second-order valence-electron chi connectivity index (χ2n) is 34.7. The van der Waals surface area contributed by atoms with Gasteiger partial charge in [-0.25, -0.2) is 0 Å². The molecule has 2 saturated carbocycles. The molecule has 3 atom stereocenters. The Bertz CT molecular complexity index is 3270. The molecule has 10 aliphatic rings. The lowest BCUT2D eigenvalue weighted by atomic mass is 9.90. The highest BCUT2D eigenvalue weighted by Gasteiger charge is 2.51. The van der Waals surface area contributed by atoms with Crippen molar-refractivity contribution >= 4 is 28.4 Å². The third-order valence-electron chi connectivity index (χ3n) is 23.1. The molecule has 0 amide bonds. The van der Waals surface area contributed by atoms with Gasteiger partial charge in [-0.05, 0) is 204 Å². The van der Waals surface area contributed by atoms with Gasteiger partial charge in [0.15, 0.2) is 0 Å². The van der Waals surface area contributed by atoms with Crippen molar-refractivity contribution in [3.05, 3.63) is 119 Å². The summed E-state index contributed by atoms with van der Waals surface area (Å²) < 4.78 is 30.2. The van der Waals surface area contributed by atoms with Gasteiger partial charge in [-0.2, -0.15) is 0 Å². The van der Waals surface area contributed by atoms with Gasteiger partial charge in [0.05, 0.1) is 126 Å². The Morgan fingerprint density at radius 1 is 0.362 bits per heavy atom. The molecule has 5 aromatic heterocycles. The van der Waals surface area contributed by atoms with E-state index in [4.69, 9.17) is 33.7 Å². The standard InChI is InChI=1S/5C17H27N3O/c1-13(2)14-5-6-16(15(18-14)11-19(3)4)20-9-10-21-12-17(20)7-8-17;1-13(2)14-5-6-16(15(18-14)11-19(3)4)20-9-10-21-17(12-20)7-8-17;3*1-14(2)16-6-5-15(11-18-16)20-8-4-7-17(13-20)12-19(3)9-10-21-17/h2*5-6,13H,7-12H2,1-4H3;3*5-6,11,14H,4,7-10,12-13H2,1-3H3/t;;2*17-;/m..10./s1. The van der Waals surface area contributed by atoms with Gasteiger partial charge in [0.25, 0.3) is 0 Å². The molecule has 0 bridgehead atoms. The predicted octanol–water partition coefficient (Wildman–Crippen LogP) is 12.8. The van der Waals surface area contributed by atoms with Crippen molar-refractivity contribution in [3.63, 3.8) is 0 Å². The van der Waals surface area contributed by atoms with Crippen molar-refractivity contribution in [1.82, 2.24) is 49.4 Å². The minimum atomic E-state index is 0.0158. The third-order valence-corrected chi connectivity index (χ3v) is 23.1. The lowest BCUT2D eigenvalue weighted by Gasteiger charge is -2.48. The summed E-state index contributed by atoms with van der Waals surface area (Å²) >= 11 is 0. The van der Waals surface area contributed by atoms with Crippen LogP contribution >= 0.6 is 0 Å². The molecule has 10 fully saturated rings. The molecule has 5 aromatic rings. The average Bonchev–Trinajstić information content (AvgIpc) is 1.60. The largest absolute Gasteiger partial charge is 0.377 e. The van der Waals surface area contributed by atoms with Gasteiger partial charge in [-0.1, -0.05) is 69.2 Å². The first-order valence-electron chi connectivity index (χ1n) is 40.4. The summed E-state index contributed by atoms with van der Waals surface area (Å²) in [6.45, 7) is 44.4. The molecule has 8 saturated heterocycles. The first-order valence-corrected chi connectivity index (χ1v) is 40.4. The first-order chi connectivity index (χ1) is 50.2. The SMILES string of the molecule is CC(C)c1ccc(N2CCCC3(CN(C)CCO3)C2)cn1.CC(C)c1ccc(N2CCC[C@@]3(CN(C)CCO3)C2)cn1.CC(C)c1ccc(N2CCC[C@]3(CN(C)CCO3)C2)cn1.CC(C)c1ccc(N2CCOC3(CC3)C2)c(CN(C)C)n1.CC(C)c1ccc(N2CCOCC23CC3)c(CN(C)C)n1. The number of aromatic nitrogens is 5. The van der Waals surface area contributed by atoms with Gasteiger partial charge >= 0.3 is 0 Å². The van der Waals surface area contributed by atoms with Gasteiger partial charge < -0.3 is 72.7 Å². The molecule has 0 aromatic carbocycles. The van der Waals surface area contributed by atoms with Gasteiger partial charge in [0.2, 0.25) is 0 Å². The van der Waals surface area contributed by atoms with Gasteiger partial charge in [-0.15, -0.1) is 0 Å². The van der Waals surface area contributed by atoms with Crippen LogP contribution in [0.4, 0.5) is 28.4 Å². The van der Waals surface area contributed by atoms with E-state index in [0.29, 0.717) is 29.6 Å². The molecular weight excluding hydrogens is 1310 g/mol. The Balaban J connectivity index is 0.000000131. The number of morpholine rings is 5. The molecule has 8 aliphatic heterocycles. The topological polar surface area (TPSA) is 143 Å². The fourth-order valence-corrected chi connectivity index (χ4v) is 16.8. The monoisotopic (exact) mass is 1450 g/mol. The van der Waals surface area contributed by atoms with Crippen LogP contribution in [0.2, 0.25) is 0 Å². The Morgan fingerprint density at radius 3 is 1.06 bits per heavy atom. The van der Waals surface area contributed by atoms with E-state index in [2.05, 4.69) is 243 Å². The van der Waals surface area contributed by atoms with E-state index < -0.39 is 0 Å². The fraction of sp³-hybridized carbons (Fsp3) is 0.706. The van der Waals surface area contributed by atoms with Crippen LogP contribution in [0.3, 0.4) is 0 Å². The molecule has 580 valence electrons. The van der Waals surface area contributed by atoms with E-state index in [1.54, 1.807) is 0 Å². The van der Waals surface area contributed by atoms with Crippen molar-refractivity contribution in [2.24, 2.45) is 0 Å². The lowest BCUT2D eigenvalue weighted by Crippen LogP contribution is -2.59. The number of rotatable bonds is 14. The van der Waals surface area contributed by atoms with E-state index in [9.17, 15) is 0 Å². The fourth-order valence-electron chi connectivity index (χ4n) is 16.8. The number of piperidine rings is 3. The molecule has 20 heteroatoms. The molecule has 0 N–H and O–H groups in total. The minimum Gasteiger partial charge on any atom is -0.377 e. The van der Waals surface area contributed by atoms with E-state index in [-0.39, 0.29) is 27.9 Å². The van der Waals surface area contributed by atoms with E-state index in [1.165, 1.54) is 133 Å². The molecule has 15 rings (SSSR count). The van der Waals surface area contributed by atoms with Crippen molar-refractivity contribution in [2.75, 3.05) is 212 Å². The number of hydrogen-bond acceptors (Lipinski definition) is 20. The summed E-state index contributed by atoms with van der Waals surface area (Å²) in [6.07, 6.45) is 18.1. The van der Waals surface area contributed by atoms with Crippen LogP contribution in [0.25, 0.3) is 0 Å². The molecule has 5 spiro atoms. The Hall–Kier alpha value is -5.65. The average molecular weight is 1450 g/mol. The lowest BCUT2D eigenvalue weighted by molar-refractivity contribution is -0.108. The third kappa shape index (κ3) is 21.4. The predicted molar refractivity (Wildman–Crippen MR) is 430 cm³/mol. The Kier molecular flexibility index (Phi) is 27.4. The zero-order valence-corrected chi connectivity index (χ0v) is 68.0. The van der Waals surface area contributed by atoms with E-state index in [0.717, 1.165) is 151 Å². The van der Waals surface area contributed by atoms with Crippen molar-refractivity contribution in [1.29, 1.82) is 0 Å². The van der Waals surface area contributed by atoms with Crippen molar-refractivity contribution in [2.45, 2.75) is 204 Å². The zero-order chi connectivity index (χ0) is 74.7. The Labute approximate surface area is 633 Å². The number of pyridine rings is 5. The van der Waals surface area contributed by atoms with Crippen LogP contribution in [0.5, 0.6) is 0 Å². The summed E-state index contributed by atoms with van der Waals surface area (Å²) in [4.78, 5) is 47.7. The Morgan fingerprint density at radius 2 is 0.714 bits per heavy atom. The smallest absolute Gasteiger partial charge is 0.0983 e. The molecule has 1 unspecified atom stereocenters. The highest BCUT2D eigenvalue weighted by atomic mass is 16.5. The van der Waals surface area contributed by atoms with Gasteiger partial charge in [0.1, 0.15) is 0 Å². The summed E-state index contributed by atoms with van der Waals surface area (Å²) in [5.41, 5.74) is 15.0. The highest BCUT2D eigenvalue weighted by Crippen LogP contribution is 2.47. The van der Waals surface area contributed by atoms with Crippen LogP contribution in [-0.2, 0) is 36.8 Å². The van der Waals surface area contributed by atoms with Crippen LogP contribution in [0.15, 0.2) is 79.3 Å². The highest BCUT2D eigenvalue weighted by molar-refractivity contribution is 5.57. The summed E-state index contributed by atoms with van der Waals surface area (Å²) in [5.74, 6) is 2.41. The second-order valence-corrected chi connectivity index (χ2v) is 34.7. The molecule has 13 heterocycles.